The second kappa shape index (κ2) is 9.86. The molecule has 0 saturated heterocycles. The Morgan fingerprint density at radius 1 is 1.33 bits per heavy atom. The van der Waals surface area contributed by atoms with Gasteiger partial charge in [0.15, 0.2) is 5.16 Å². The minimum atomic E-state index is -2.99. The lowest BCUT2D eigenvalue weighted by Gasteiger charge is -2.11. The second-order valence-electron chi connectivity index (χ2n) is 5.32. The zero-order chi connectivity index (χ0) is 19.8. The topological polar surface area (TPSA) is 112 Å². The Balaban J connectivity index is 1.97. The molecule has 0 bridgehead atoms. The van der Waals surface area contributed by atoms with E-state index in [2.05, 4.69) is 20.3 Å². The number of anilines is 1. The molecule has 2 aromatic rings. The number of carbonyl (C=O) groups excluding carboxylic acids is 2. The first-order chi connectivity index (χ1) is 12.9. The lowest BCUT2D eigenvalue weighted by Crippen LogP contribution is -2.16. The maximum absolute atomic E-state index is 12.4. The largest absolute Gasteiger partial charge is 0.433 e. The molecule has 146 valence electrons. The van der Waals surface area contributed by atoms with Crippen LogP contribution in [0.15, 0.2) is 29.4 Å². The number of carbonyl (C=O) groups is 2. The number of benzene rings is 1. The van der Waals surface area contributed by atoms with Gasteiger partial charge in [-0.15, -0.1) is 10.2 Å². The third-order valence-electron chi connectivity index (χ3n) is 3.41. The van der Waals surface area contributed by atoms with E-state index >= 15 is 0 Å². The summed E-state index contributed by atoms with van der Waals surface area (Å²) in [6.45, 7) is -0.533. The number of aromatic nitrogens is 3. The smallest absolute Gasteiger partial charge is 0.387 e. The van der Waals surface area contributed by atoms with Gasteiger partial charge in [0, 0.05) is 19.4 Å². The summed E-state index contributed by atoms with van der Waals surface area (Å²) in [4.78, 5) is 23.1. The Kier molecular flexibility index (Phi) is 7.53. The van der Waals surface area contributed by atoms with E-state index in [1.54, 1.807) is 10.6 Å². The SMILES string of the molecule is CCn1c(CCC(N)=O)nnc1SCC(=O)Nc1ccccc1OC(F)F. The average Bonchev–Trinajstić information content (AvgIpc) is 3.01. The van der Waals surface area contributed by atoms with Crippen molar-refractivity contribution in [1.82, 2.24) is 14.8 Å². The van der Waals surface area contributed by atoms with E-state index in [-0.39, 0.29) is 23.6 Å². The Morgan fingerprint density at radius 2 is 2.07 bits per heavy atom. The number of primary amides is 1. The Bertz CT molecular complexity index is 800. The van der Waals surface area contributed by atoms with Gasteiger partial charge >= 0.3 is 6.61 Å². The van der Waals surface area contributed by atoms with Gasteiger partial charge in [0.05, 0.1) is 11.4 Å². The van der Waals surface area contributed by atoms with E-state index < -0.39 is 18.4 Å². The molecular weight excluding hydrogens is 380 g/mol. The van der Waals surface area contributed by atoms with Crippen molar-refractivity contribution in [1.29, 1.82) is 0 Å². The number of thioether (sulfide) groups is 1. The highest BCUT2D eigenvalue weighted by atomic mass is 32.2. The van der Waals surface area contributed by atoms with Gasteiger partial charge in [-0.3, -0.25) is 9.59 Å². The van der Waals surface area contributed by atoms with Gasteiger partial charge in [0.25, 0.3) is 0 Å². The van der Waals surface area contributed by atoms with Crippen molar-refractivity contribution in [3.63, 3.8) is 0 Å². The summed E-state index contributed by atoms with van der Waals surface area (Å²) < 4.78 is 31.0. The fourth-order valence-corrected chi connectivity index (χ4v) is 3.07. The van der Waals surface area contributed by atoms with Crippen LogP contribution in [-0.4, -0.2) is 38.9 Å². The van der Waals surface area contributed by atoms with Gasteiger partial charge in [0.1, 0.15) is 11.6 Å². The quantitative estimate of drug-likeness (QED) is 0.592. The number of rotatable bonds is 10. The van der Waals surface area contributed by atoms with Crippen LogP contribution in [0.1, 0.15) is 19.2 Å². The molecule has 0 aliphatic heterocycles. The Labute approximate surface area is 158 Å². The number of amides is 2. The van der Waals surface area contributed by atoms with Crippen molar-refractivity contribution < 1.29 is 23.1 Å². The van der Waals surface area contributed by atoms with E-state index in [9.17, 15) is 18.4 Å². The third-order valence-corrected chi connectivity index (χ3v) is 4.38. The minimum Gasteiger partial charge on any atom is -0.433 e. The van der Waals surface area contributed by atoms with E-state index in [1.165, 1.54) is 18.2 Å². The van der Waals surface area contributed by atoms with E-state index in [1.807, 2.05) is 6.92 Å². The summed E-state index contributed by atoms with van der Waals surface area (Å²) in [6, 6.07) is 5.93. The van der Waals surface area contributed by atoms with Crippen LogP contribution >= 0.6 is 11.8 Å². The number of nitrogens with one attached hydrogen (secondary N) is 1. The summed E-state index contributed by atoms with van der Waals surface area (Å²) in [6.07, 6.45) is 0.519. The monoisotopic (exact) mass is 399 g/mol. The van der Waals surface area contributed by atoms with Gasteiger partial charge in [0.2, 0.25) is 11.8 Å². The average molecular weight is 399 g/mol. The van der Waals surface area contributed by atoms with Crippen molar-refractivity contribution in [3.8, 4) is 5.75 Å². The van der Waals surface area contributed by atoms with Gasteiger partial charge in [-0.2, -0.15) is 8.78 Å². The van der Waals surface area contributed by atoms with Gasteiger partial charge in [-0.1, -0.05) is 23.9 Å². The Hall–Kier alpha value is -2.69. The van der Waals surface area contributed by atoms with Crippen LogP contribution in [0.2, 0.25) is 0 Å². The number of hydrogen-bond acceptors (Lipinski definition) is 6. The van der Waals surface area contributed by atoms with Crippen LogP contribution < -0.4 is 15.8 Å². The third kappa shape index (κ3) is 6.20. The van der Waals surface area contributed by atoms with Crippen molar-refractivity contribution >= 4 is 29.3 Å². The highest BCUT2D eigenvalue weighted by Crippen LogP contribution is 2.26. The molecule has 0 unspecified atom stereocenters. The summed E-state index contributed by atoms with van der Waals surface area (Å²) in [5.74, 6) is -0.350. The molecule has 0 aliphatic carbocycles. The molecule has 11 heteroatoms. The number of halogens is 2. The van der Waals surface area contributed by atoms with Crippen LogP contribution in [0.25, 0.3) is 0 Å². The van der Waals surface area contributed by atoms with Crippen molar-refractivity contribution in [2.75, 3.05) is 11.1 Å². The molecule has 0 spiro atoms. The molecule has 0 aliphatic rings. The predicted molar refractivity (Wildman–Crippen MR) is 95.6 cm³/mol. The van der Waals surface area contributed by atoms with Crippen LogP contribution in [-0.2, 0) is 22.6 Å². The molecule has 1 aromatic carbocycles. The van der Waals surface area contributed by atoms with Crippen LogP contribution in [0, 0.1) is 0 Å². The fraction of sp³-hybridized carbons (Fsp3) is 0.375. The van der Waals surface area contributed by atoms with Gasteiger partial charge < -0.3 is 20.4 Å². The normalized spacial score (nSPS) is 10.8. The van der Waals surface area contributed by atoms with E-state index in [0.29, 0.717) is 23.9 Å². The molecule has 3 N–H and O–H groups in total. The molecule has 27 heavy (non-hydrogen) atoms. The van der Waals surface area contributed by atoms with Gasteiger partial charge in [-0.25, -0.2) is 0 Å². The zero-order valence-corrected chi connectivity index (χ0v) is 15.3. The predicted octanol–water partition coefficient (Wildman–Crippen LogP) is 2.05. The van der Waals surface area contributed by atoms with Crippen LogP contribution in [0.5, 0.6) is 5.75 Å². The first kappa shape index (κ1) is 20.6. The second-order valence-corrected chi connectivity index (χ2v) is 6.26. The van der Waals surface area contributed by atoms with Crippen molar-refractivity contribution in [3.05, 3.63) is 30.1 Å². The summed E-state index contributed by atoms with van der Waals surface area (Å²) >= 11 is 1.15. The summed E-state index contributed by atoms with van der Waals surface area (Å²) in [7, 11) is 0. The minimum absolute atomic E-state index is 0.00301. The first-order valence-corrected chi connectivity index (χ1v) is 9.06. The highest BCUT2D eigenvalue weighted by Gasteiger charge is 2.15. The number of nitrogens with zero attached hydrogens (tertiary/aromatic N) is 3. The Morgan fingerprint density at radius 3 is 2.74 bits per heavy atom. The molecule has 2 amide bonds. The zero-order valence-electron chi connectivity index (χ0n) is 14.5. The first-order valence-electron chi connectivity index (χ1n) is 8.07. The molecule has 1 aromatic heterocycles. The van der Waals surface area contributed by atoms with Crippen LogP contribution in [0.3, 0.4) is 0 Å². The number of aryl methyl sites for hydroxylation is 1. The standard InChI is InChI=1S/C16H19F2N5O3S/c1-2-23-13(8-7-12(19)24)21-22-16(23)27-9-14(25)20-10-5-3-4-6-11(10)26-15(17)18/h3-6,15H,2,7-9H2,1H3,(H2,19,24)(H,20,25). The van der Waals surface area contributed by atoms with Crippen LogP contribution in [0.4, 0.5) is 14.5 Å². The maximum Gasteiger partial charge on any atom is 0.387 e. The van der Waals surface area contributed by atoms with Crippen molar-refractivity contribution in [2.24, 2.45) is 5.73 Å². The van der Waals surface area contributed by atoms with E-state index in [4.69, 9.17) is 5.73 Å². The summed E-state index contributed by atoms with van der Waals surface area (Å²) in [5.41, 5.74) is 5.30. The number of ether oxygens (including phenoxy) is 1. The molecule has 1 heterocycles. The van der Waals surface area contributed by atoms with E-state index in [0.717, 1.165) is 11.8 Å². The number of para-hydroxylation sites is 2. The highest BCUT2D eigenvalue weighted by molar-refractivity contribution is 7.99. The molecular formula is C16H19F2N5O3S. The van der Waals surface area contributed by atoms with Crippen molar-refractivity contribution in [2.45, 2.75) is 38.1 Å². The maximum atomic E-state index is 12.4. The molecule has 8 nitrogen and oxygen atoms in total. The lowest BCUT2D eigenvalue weighted by atomic mass is 10.3. The lowest BCUT2D eigenvalue weighted by molar-refractivity contribution is -0.118. The molecule has 0 saturated carbocycles. The molecule has 0 radical (unpaired) electrons. The number of alkyl halides is 2. The molecule has 0 fully saturated rings. The molecule has 0 atom stereocenters. The fourth-order valence-electron chi connectivity index (χ4n) is 2.25. The van der Waals surface area contributed by atoms with Gasteiger partial charge in [-0.05, 0) is 19.1 Å². The summed E-state index contributed by atoms with van der Waals surface area (Å²) in [5, 5.41) is 11.1. The molecule has 2 rings (SSSR count). The number of hydrogen-bond donors (Lipinski definition) is 2. The number of nitrogens with two attached hydrogens (primary N) is 1.